The molecule has 0 saturated heterocycles. The van der Waals surface area contributed by atoms with Gasteiger partial charge < -0.3 is 10.4 Å². The number of hydrogen-bond donors (Lipinski definition) is 2. The third kappa shape index (κ3) is 4.69. The fourth-order valence-corrected chi connectivity index (χ4v) is 7.40. The fourth-order valence-electron chi connectivity index (χ4n) is 4.19. The maximum absolute atomic E-state index is 13.2. The zero-order chi connectivity index (χ0) is 26.2. The van der Waals surface area contributed by atoms with Crippen LogP contribution in [0, 0.1) is 0 Å². The van der Waals surface area contributed by atoms with Crippen molar-refractivity contribution in [2.45, 2.75) is 17.5 Å². The number of benzene rings is 3. The number of sulfonamides is 1. The highest BCUT2D eigenvalue weighted by atomic mass is 32.2. The van der Waals surface area contributed by atoms with Gasteiger partial charge in [-0.15, -0.1) is 11.3 Å². The molecule has 4 aromatic rings. The van der Waals surface area contributed by atoms with Crippen LogP contribution in [0.4, 0.5) is 5.00 Å². The Morgan fingerprint density at radius 3 is 2.11 bits per heavy atom. The van der Waals surface area contributed by atoms with Crippen molar-refractivity contribution in [3.63, 3.8) is 0 Å². The zero-order valence-corrected chi connectivity index (χ0v) is 20.8. The number of thiophene rings is 1. The van der Waals surface area contributed by atoms with Gasteiger partial charge in [0, 0.05) is 21.6 Å². The van der Waals surface area contributed by atoms with Crippen molar-refractivity contribution in [1.29, 1.82) is 0 Å². The topological polar surface area (TPSA) is 121 Å². The largest absolute Gasteiger partial charge is 0.480 e. The SMILES string of the molecule is O=C(Nc1cc2c(s1)CN([C@@H](C(=O)O)c1ccccc1)S2(=O)=O)c1cccc(C(=O)c2ccccc2)c1. The van der Waals surface area contributed by atoms with Crippen LogP contribution in [0.1, 0.15) is 42.8 Å². The number of rotatable bonds is 7. The summed E-state index contributed by atoms with van der Waals surface area (Å²) < 4.78 is 27.4. The lowest BCUT2D eigenvalue weighted by Gasteiger charge is -2.23. The van der Waals surface area contributed by atoms with Crippen LogP contribution in [0.15, 0.2) is 95.9 Å². The van der Waals surface area contributed by atoms with Crippen LogP contribution in [0.3, 0.4) is 0 Å². The van der Waals surface area contributed by atoms with Crippen molar-refractivity contribution in [1.82, 2.24) is 4.31 Å². The van der Waals surface area contributed by atoms with E-state index in [1.165, 1.54) is 12.1 Å². The summed E-state index contributed by atoms with van der Waals surface area (Å²) in [5.41, 5.74) is 1.45. The molecular formula is C27H20N2O6S2. The smallest absolute Gasteiger partial charge is 0.326 e. The number of anilines is 1. The van der Waals surface area contributed by atoms with Gasteiger partial charge in [-0.25, -0.2) is 8.42 Å². The minimum Gasteiger partial charge on any atom is -0.480 e. The second-order valence-electron chi connectivity index (χ2n) is 8.33. The van der Waals surface area contributed by atoms with Gasteiger partial charge >= 0.3 is 5.97 Å². The predicted octanol–water partition coefficient (Wildman–Crippen LogP) is 4.56. The molecule has 0 unspecified atom stereocenters. The van der Waals surface area contributed by atoms with Crippen molar-refractivity contribution >= 4 is 44.0 Å². The van der Waals surface area contributed by atoms with E-state index in [0.29, 0.717) is 26.6 Å². The summed E-state index contributed by atoms with van der Waals surface area (Å²) in [5, 5.41) is 12.8. The number of nitrogens with one attached hydrogen (secondary N) is 1. The van der Waals surface area contributed by atoms with Gasteiger partial charge in [-0.2, -0.15) is 4.31 Å². The standard InChI is InChI=1S/C27H20N2O6S2/c30-25(18-10-5-2-6-11-18)19-12-7-13-20(14-19)26(31)28-23-15-22-21(36-23)16-29(37(22,34)35)24(27(32)33)17-8-3-1-4-9-17/h1-15,24H,16H2,(H,28,31)(H,32,33)/t24-/m1/s1. The molecule has 0 radical (unpaired) electrons. The first kappa shape index (κ1) is 24.6. The van der Waals surface area contributed by atoms with E-state index in [1.807, 2.05) is 6.07 Å². The van der Waals surface area contributed by atoms with E-state index in [2.05, 4.69) is 5.32 Å². The first-order valence-electron chi connectivity index (χ1n) is 11.2. The molecular weight excluding hydrogens is 512 g/mol. The van der Waals surface area contributed by atoms with Crippen molar-refractivity contribution in [3.8, 4) is 0 Å². The summed E-state index contributed by atoms with van der Waals surface area (Å²) in [7, 11) is -4.10. The molecule has 2 heterocycles. The van der Waals surface area contributed by atoms with Crippen molar-refractivity contribution in [3.05, 3.63) is 118 Å². The van der Waals surface area contributed by atoms with E-state index >= 15 is 0 Å². The lowest BCUT2D eigenvalue weighted by molar-refractivity contribution is -0.141. The number of carboxylic acid groups (broad SMARTS) is 1. The summed E-state index contributed by atoms with van der Waals surface area (Å²) in [4.78, 5) is 38.1. The first-order chi connectivity index (χ1) is 17.8. The lowest BCUT2D eigenvalue weighted by atomic mass is 10.0. The molecule has 1 amide bonds. The van der Waals surface area contributed by atoms with Crippen LogP contribution in [-0.4, -0.2) is 35.5 Å². The number of nitrogens with zero attached hydrogens (tertiary/aromatic N) is 1. The number of carbonyl (C=O) groups excluding carboxylic acids is 2. The summed E-state index contributed by atoms with van der Waals surface area (Å²) in [6.07, 6.45) is 0. The molecule has 37 heavy (non-hydrogen) atoms. The normalized spacial score (nSPS) is 15.0. The molecule has 1 aliphatic heterocycles. The monoisotopic (exact) mass is 532 g/mol. The molecule has 0 spiro atoms. The van der Waals surface area contributed by atoms with Gasteiger partial charge in [0.2, 0.25) is 10.0 Å². The van der Waals surface area contributed by atoms with E-state index in [0.717, 1.165) is 15.6 Å². The molecule has 8 nitrogen and oxygen atoms in total. The number of fused-ring (bicyclic) bond motifs is 1. The van der Waals surface area contributed by atoms with Gasteiger partial charge in [0.05, 0.1) is 16.4 Å². The molecule has 2 N–H and O–H groups in total. The number of amides is 1. The Morgan fingerprint density at radius 2 is 1.46 bits per heavy atom. The third-order valence-corrected chi connectivity index (χ3v) is 9.00. The van der Waals surface area contributed by atoms with Crippen LogP contribution >= 0.6 is 11.3 Å². The van der Waals surface area contributed by atoms with Crippen LogP contribution in [0.2, 0.25) is 0 Å². The predicted molar refractivity (Wildman–Crippen MR) is 138 cm³/mol. The van der Waals surface area contributed by atoms with Crippen molar-refractivity contribution < 1.29 is 27.9 Å². The summed E-state index contributed by atoms with van der Waals surface area (Å²) in [5.74, 6) is -1.99. The summed E-state index contributed by atoms with van der Waals surface area (Å²) in [6, 6.07) is 23.1. The highest BCUT2D eigenvalue weighted by Gasteiger charge is 2.44. The van der Waals surface area contributed by atoms with Crippen LogP contribution in [0.5, 0.6) is 0 Å². The molecule has 5 rings (SSSR count). The maximum atomic E-state index is 13.2. The minimum atomic E-state index is -4.10. The second kappa shape index (κ2) is 9.74. The van der Waals surface area contributed by atoms with Gasteiger partial charge in [0.1, 0.15) is 6.04 Å². The second-order valence-corrected chi connectivity index (χ2v) is 11.3. The van der Waals surface area contributed by atoms with Gasteiger partial charge in [0.25, 0.3) is 5.91 Å². The molecule has 0 saturated carbocycles. The average molecular weight is 533 g/mol. The first-order valence-corrected chi connectivity index (χ1v) is 13.4. The summed E-state index contributed by atoms with van der Waals surface area (Å²) in [6.45, 7) is -0.120. The maximum Gasteiger partial charge on any atom is 0.326 e. The quantitative estimate of drug-likeness (QED) is 0.337. The van der Waals surface area contributed by atoms with Gasteiger partial charge in [0.15, 0.2) is 5.78 Å². The number of aliphatic carboxylic acids is 1. The lowest BCUT2D eigenvalue weighted by Crippen LogP contribution is -2.34. The zero-order valence-electron chi connectivity index (χ0n) is 19.2. The van der Waals surface area contributed by atoms with Crippen LogP contribution in [0.25, 0.3) is 0 Å². The Labute approximate surface area is 216 Å². The number of carboxylic acids is 1. The molecule has 0 bridgehead atoms. The minimum absolute atomic E-state index is 0.0250. The summed E-state index contributed by atoms with van der Waals surface area (Å²) >= 11 is 1.07. The molecule has 1 aliphatic rings. The van der Waals surface area contributed by atoms with E-state index in [1.54, 1.807) is 72.8 Å². The Hall–Kier alpha value is -4.12. The number of ketones is 1. The van der Waals surface area contributed by atoms with Crippen LogP contribution in [-0.2, 0) is 21.4 Å². The average Bonchev–Trinajstić information content (AvgIpc) is 3.41. The Balaban J connectivity index is 1.36. The molecule has 0 fully saturated rings. The highest BCUT2D eigenvalue weighted by Crippen LogP contribution is 2.43. The Morgan fingerprint density at radius 1 is 0.838 bits per heavy atom. The molecule has 10 heteroatoms. The molecule has 1 atom stereocenters. The number of carbonyl (C=O) groups is 3. The molecule has 1 aromatic heterocycles. The fraction of sp³-hybridized carbons (Fsp3) is 0.0741. The van der Waals surface area contributed by atoms with E-state index < -0.39 is 27.9 Å². The molecule has 3 aromatic carbocycles. The molecule has 0 aliphatic carbocycles. The van der Waals surface area contributed by atoms with Crippen LogP contribution < -0.4 is 5.32 Å². The van der Waals surface area contributed by atoms with Gasteiger partial charge in [-0.1, -0.05) is 72.8 Å². The van der Waals surface area contributed by atoms with E-state index in [-0.39, 0.29) is 22.8 Å². The van der Waals surface area contributed by atoms with Crippen molar-refractivity contribution in [2.24, 2.45) is 0 Å². The van der Waals surface area contributed by atoms with E-state index in [9.17, 15) is 27.9 Å². The molecule has 186 valence electrons. The third-order valence-electron chi connectivity index (χ3n) is 5.95. The van der Waals surface area contributed by atoms with Crippen molar-refractivity contribution in [2.75, 3.05) is 5.32 Å². The van der Waals surface area contributed by atoms with Gasteiger partial charge in [-0.05, 0) is 23.8 Å². The highest BCUT2D eigenvalue weighted by molar-refractivity contribution is 7.89. The Kier molecular flexibility index (Phi) is 6.46. The van der Waals surface area contributed by atoms with Gasteiger partial charge in [-0.3, -0.25) is 14.4 Å². The number of hydrogen-bond acceptors (Lipinski definition) is 6. The van der Waals surface area contributed by atoms with E-state index in [4.69, 9.17) is 0 Å². The Bertz CT molecular complexity index is 1620.